The molecule has 1 aliphatic rings. The molecule has 0 saturated carbocycles. The molecule has 8 heteroatoms. The number of halogens is 5. The molecule has 0 spiro atoms. The Labute approximate surface area is 152 Å². The van der Waals surface area contributed by atoms with Crippen molar-refractivity contribution >= 4 is 23.2 Å². The van der Waals surface area contributed by atoms with Crippen LogP contribution in [-0.4, -0.2) is 37.0 Å². The first-order chi connectivity index (χ1) is 12.3. The summed E-state index contributed by atoms with van der Waals surface area (Å²) in [4.78, 5) is 16.0. The van der Waals surface area contributed by atoms with Crippen LogP contribution in [0.25, 0.3) is 0 Å². The van der Waals surface area contributed by atoms with E-state index in [0.29, 0.717) is 43.3 Å². The molecule has 1 saturated heterocycles. The van der Waals surface area contributed by atoms with Gasteiger partial charge in [0.15, 0.2) is 0 Å². The lowest BCUT2D eigenvalue weighted by Gasteiger charge is -2.36. The number of alkyl halides is 3. The SMILES string of the molecule is O=C(c1ccc(F)c(C(F)(F)F)c1)N1CCN(c2cccc(Cl)c2)CC1. The molecule has 0 atom stereocenters. The van der Waals surface area contributed by atoms with E-state index in [2.05, 4.69) is 0 Å². The number of anilines is 1. The van der Waals surface area contributed by atoms with Gasteiger partial charge in [-0.2, -0.15) is 13.2 Å². The van der Waals surface area contributed by atoms with Crippen LogP contribution in [0.5, 0.6) is 0 Å². The number of piperazine rings is 1. The second-order valence-electron chi connectivity index (χ2n) is 5.95. The maximum absolute atomic E-state index is 13.4. The maximum Gasteiger partial charge on any atom is 0.419 e. The quantitative estimate of drug-likeness (QED) is 0.711. The highest BCUT2D eigenvalue weighted by Crippen LogP contribution is 2.32. The fraction of sp³-hybridized carbons (Fsp3) is 0.278. The van der Waals surface area contributed by atoms with E-state index in [1.165, 1.54) is 4.90 Å². The largest absolute Gasteiger partial charge is 0.419 e. The van der Waals surface area contributed by atoms with E-state index in [4.69, 9.17) is 11.6 Å². The summed E-state index contributed by atoms with van der Waals surface area (Å²) in [5.41, 5.74) is -0.679. The topological polar surface area (TPSA) is 23.6 Å². The molecule has 0 N–H and O–H groups in total. The summed E-state index contributed by atoms with van der Waals surface area (Å²) < 4.78 is 51.9. The summed E-state index contributed by atoms with van der Waals surface area (Å²) in [5, 5.41) is 0.604. The van der Waals surface area contributed by atoms with Crippen LogP contribution in [0.2, 0.25) is 5.02 Å². The van der Waals surface area contributed by atoms with E-state index in [1.807, 2.05) is 23.1 Å². The summed E-state index contributed by atoms with van der Waals surface area (Å²) in [6.45, 7) is 1.76. The molecule has 0 radical (unpaired) electrons. The van der Waals surface area contributed by atoms with E-state index in [9.17, 15) is 22.4 Å². The summed E-state index contributed by atoms with van der Waals surface area (Å²) in [6, 6.07) is 9.63. The Bertz CT molecular complexity index is 817. The number of carbonyl (C=O) groups excluding carboxylic acids is 1. The van der Waals surface area contributed by atoms with Gasteiger partial charge in [0.25, 0.3) is 5.91 Å². The van der Waals surface area contributed by atoms with E-state index >= 15 is 0 Å². The van der Waals surface area contributed by atoms with Crippen molar-refractivity contribution in [2.24, 2.45) is 0 Å². The molecule has 3 nitrogen and oxygen atoms in total. The van der Waals surface area contributed by atoms with Crippen molar-refractivity contribution in [3.05, 3.63) is 64.4 Å². The van der Waals surface area contributed by atoms with Crippen molar-refractivity contribution < 1.29 is 22.4 Å². The molecule has 2 aromatic rings. The minimum Gasteiger partial charge on any atom is -0.368 e. The second kappa shape index (κ2) is 7.15. The fourth-order valence-electron chi connectivity index (χ4n) is 2.90. The number of nitrogens with zero attached hydrogens (tertiary/aromatic N) is 2. The number of benzene rings is 2. The number of amides is 1. The Morgan fingerprint density at radius 1 is 1.00 bits per heavy atom. The van der Waals surface area contributed by atoms with Gasteiger partial charge in [-0.3, -0.25) is 4.79 Å². The van der Waals surface area contributed by atoms with Crippen LogP contribution in [0.15, 0.2) is 42.5 Å². The van der Waals surface area contributed by atoms with Gasteiger partial charge in [-0.1, -0.05) is 17.7 Å². The Morgan fingerprint density at radius 3 is 2.31 bits per heavy atom. The van der Waals surface area contributed by atoms with E-state index in [-0.39, 0.29) is 5.56 Å². The first-order valence-corrected chi connectivity index (χ1v) is 8.30. The van der Waals surface area contributed by atoms with E-state index in [0.717, 1.165) is 11.8 Å². The van der Waals surface area contributed by atoms with Gasteiger partial charge in [0.2, 0.25) is 0 Å². The minimum absolute atomic E-state index is 0.171. The first kappa shape index (κ1) is 18.5. The number of carbonyl (C=O) groups is 1. The Morgan fingerprint density at radius 2 is 1.69 bits per heavy atom. The van der Waals surface area contributed by atoms with Crippen LogP contribution in [0.4, 0.5) is 23.2 Å². The summed E-state index contributed by atoms with van der Waals surface area (Å²) in [6.07, 6.45) is -4.84. The number of hydrogen-bond donors (Lipinski definition) is 0. The predicted octanol–water partition coefficient (Wildman–Crippen LogP) is 4.46. The van der Waals surface area contributed by atoms with E-state index in [1.54, 1.807) is 6.07 Å². The molecule has 1 amide bonds. The zero-order valence-electron chi connectivity index (χ0n) is 13.6. The molecule has 0 unspecified atom stereocenters. The highest BCUT2D eigenvalue weighted by Gasteiger charge is 2.35. The zero-order valence-corrected chi connectivity index (χ0v) is 14.3. The molecule has 1 fully saturated rings. The van der Waals surface area contributed by atoms with Crippen molar-refractivity contribution in [2.75, 3.05) is 31.1 Å². The molecule has 138 valence electrons. The lowest BCUT2D eigenvalue weighted by Crippen LogP contribution is -2.48. The molecule has 2 aromatic carbocycles. The fourth-order valence-corrected chi connectivity index (χ4v) is 3.08. The van der Waals surface area contributed by atoms with Crippen molar-refractivity contribution in [2.45, 2.75) is 6.18 Å². The Hall–Kier alpha value is -2.28. The standard InChI is InChI=1S/C18H15ClF4N2O/c19-13-2-1-3-14(11-13)24-6-8-25(9-7-24)17(26)12-4-5-16(20)15(10-12)18(21,22)23/h1-5,10-11H,6-9H2. The molecule has 26 heavy (non-hydrogen) atoms. The Balaban J connectivity index is 1.71. The van der Waals surface area contributed by atoms with Crippen LogP contribution in [0.1, 0.15) is 15.9 Å². The molecule has 0 aromatic heterocycles. The lowest BCUT2D eigenvalue weighted by molar-refractivity contribution is -0.140. The maximum atomic E-state index is 13.4. The van der Waals surface area contributed by atoms with Gasteiger partial charge < -0.3 is 9.80 Å². The molecule has 0 bridgehead atoms. The van der Waals surface area contributed by atoms with E-state index < -0.39 is 23.5 Å². The van der Waals surface area contributed by atoms with Crippen LogP contribution in [0, 0.1) is 5.82 Å². The average molecular weight is 387 g/mol. The second-order valence-corrected chi connectivity index (χ2v) is 6.39. The van der Waals surface area contributed by atoms with Crippen molar-refractivity contribution in [1.29, 1.82) is 0 Å². The summed E-state index contributed by atoms with van der Waals surface area (Å²) in [5.74, 6) is -1.93. The summed E-state index contributed by atoms with van der Waals surface area (Å²) in [7, 11) is 0. The molecular formula is C18H15ClF4N2O. The lowest BCUT2D eigenvalue weighted by atomic mass is 10.1. The number of hydrogen-bond acceptors (Lipinski definition) is 2. The van der Waals surface area contributed by atoms with Crippen molar-refractivity contribution in [3.63, 3.8) is 0 Å². The first-order valence-electron chi connectivity index (χ1n) is 7.92. The highest BCUT2D eigenvalue weighted by atomic mass is 35.5. The predicted molar refractivity (Wildman–Crippen MR) is 91.0 cm³/mol. The molecule has 3 rings (SSSR count). The van der Waals surface area contributed by atoms with Gasteiger partial charge in [-0.15, -0.1) is 0 Å². The number of rotatable bonds is 2. The van der Waals surface area contributed by atoms with Crippen molar-refractivity contribution in [3.8, 4) is 0 Å². The zero-order chi connectivity index (χ0) is 18.9. The van der Waals surface area contributed by atoms with Gasteiger partial charge in [0, 0.05) is 42.5 Å². The van der Waals surface area contributed by atoms with Crippen LogP contribution >= 0.6 is 11.6 Å². The van der Waals surface area contributed by atoms with Gasteiger partial charge in [0.05, 0.1) is 5.56 Å². The monoisotopic (exact) mass is 386 g/mol. The highest BCUT2D eigenvalue weighted by molar-refractivity contribution is 6.30. The van der Waals surface area contributed by atoms with Crippen molar-refractivity contribution in [1.82, 2.24) is 4.90 Å². The van der Waals surface area contributed by atoms with Gasteiger partial charge in [0.1, 0.15) is 5.82 Å². The Kier molecular flexibility index (Phi) is 5.09. The normalized spacial score (nSPS) is 15.3. The molecular weight excluding hydrogens is 372 g/mol. The van der Waals surface area contributed by atoms with Crippen LogP contribution in [0.3, 0.4) is 0 Å². The summed E-state index contributed by atoms with van der Waals surface area (Å²) >= 11 is 5.97. The van der Waals surface area contributed by atoms with Gasteiger partial charge >= 0.3 is 6.18 Å². The third kappa shape index (κ3) is 3.93. The van der Waals surface area contributed by atoms with Gasteiger partial charge in [-0.25, -0.2) is 4.39 Å². The van der Waals surface area contributed by atoms with Crippen LogP contribution < -0.4 is 4.90 Å². The minimum atomic E-state index is -4.84. The smallest absolute Gasteiger partial charge is 0.368 e. The molecule has 1 heterocycles. The molecule has 1 aliphatic heterocycles. The third-order valence-electron chi connectivity index (χ3n) is 4.26. The van der Waals surface area contributed by atoms with Crippen LogP contribution in [-0.2, 0) is 6.18 Å². The van der Waals surface area contributed by atoms with Gasteiger partial charge in [-0.05, 0) is 36.4 Å². The average Bonchev–Trinajstić information content (AvgIpc) is 2.61. The third-order valence-corrected chi connectivity index (χ3v) is 4.49. The molecule has 0 aliphatic carbocycles.